The number of carbonyl (C=O) groups is 1. The molecule has 1 aliphatic carbocycles. The van der Waals surface area contributed by atoms with Crippen LogP contribution in [0.25, 0.3) is 0 Å². The number of carbonyl (C=O) groups excluding carboxylic acids is 1. The van der Waals surface area contributed by atoms with Gasteiger partial charge in [0.15, 0.2) is 0 Å². The lowest BCUT2D eigenvalue weighted by Crippen LogP contribution is -2.27. The van der Waals surface area contributed by atoms with Crippen molar-refractivity contribution in [2.24, 2.45) is 18.9 Å². The normalized spacial score (nSPS) is 23.9. The first kappa shape index (κ1) is 14.8. The van der Waals surface area contributed by atoms with E-state index in [-0.39, 0.29) is 5.92 Å². The molecule has 1 aromatic rings. The van der Waals surface area contributed by atoms with Gasteiger partial charge >= 0.3 is 0 Å². The maximum absolute atomic E-state index is 12.1. The van der Waals surface area contributed by atoms with E-state index in [4.69, 9.17) is 0 Å². The number of rotatable bonds is 4. The molecule has 2 atom stereocenters. The molecule has 0 spiro atoms. The first-order valence-corrected chi connectivity index (χ1v) is 8.02. The van der Waals surface area contributed by atoms with Crippen molar-refractivity contribution in [2.75, 3.05) is 0 Å². The zero-order chi connectivity index (χ0) is 14.0. The summed E-state index contributed by atoms with van der Waals surface area (Å²) in [6, 6.07) is 0. The van der Waals surface area contributed by atoms with Crippen molar-refractivity contribution in [3.8, 4) is 0 Å². The Morgan fingerprint density at radius 1 is 1.47 bits per heavy atom. The maximum Gasteiger partial charge on any atom is 0.136 e. The molecule has 2 unspecified atom stereocenters. The third-order valence-corrected chi connectivity index (χ3v) is 5.30. The summed E-state index contributed by atoms with van der Waals surface area (Å²) >= 11 is 3.60. The van der Waals surface area contributed by atoms with Gasteiger partial charge in [0, 0.05) is 25.8 Å². The average molecular weight is 327 g/mol. The van der Waals surface area contributed by atoms with E-state index in [1.165, 1.54) is 12.8 Å². The third kappa shape index (κ3) is 3.28. The van der Waals surface area contributed by atoms with Gasteiger partial charge in [0.2, 0.25) is 0 Å². The molecule has 0 saturated heterocycles. The van der Waals surface area contributed by atoms with Gasteiger partial charge in [-0.2, -0.15) is 5.10 Å². The van der Waals surface area contributed by atoms with Crippen LogP contribution in [0.1, 0.15) is 50.4 Å². The molecule has 106 valence electrons. The van der Waals surface area contributed by atoms with Crippen molar-refractivity contribution >= 4 is 21.7 Å². The van der Waals surface area contributed by atoms with Crippen LogP contribution in [0.3, 0.4) is 0 Å². The van der Waals surface area contributed by atoms with Crippen LogP contribution in [-0.2, 0) is 18.3 Å². The Hall–Kier alpha value is -0.640. The first-order chi connectivity index (χ1) is 9.02. The van der Waals surface area contributed by atoms with Gasteiger partial charge in [0.05, 0.1) is 15.9 Å². The van der Waals surface area contributed by atoms with Crippen molar-refractivity contribution < 1.29 is 4.79 Å². The fraction of sp³-hybridized carbons (Fsp3) is 0.733. The molecule has 4 heteroatoms. The monoisotopic (exact) mass is 326 g/mol. The van der Waals surface area contributed by atoms with Crippen LogP contribution in [0.4, 0.5) is 0 Å². The highest BCUT2D eigenvalue weighted by atomic mass is 79.9. The summed E-state index contributed by atoms with van der Waals surface area (Å²) in [7, 11) is 1.96. The molecule has 2 rings (SSSR count). The van der Waals surface area contributed by atoms with Gasteiger partial charge in [0.25, 0.3) is 0 Å². The number of aryl methyl sites for hydroxylation is 2. The summed E-state index contributed by atoms with van der Waals surface area (Å²) in [5, 5.41) is 4.41. The number of halogens is 1. The van der Waals surface area contributed by atoms with Crippen LogP contribution < -0.4 is 0 Å². The van der Waals surface area contributed by atoms with Crippen LogP contribution in [0.5, 0.6) is 0 Å². The molecule has 1 aliphatic rings. The second kappa shape index (κ2) is 6.21. The Bertz CT molecular complexity index is 467. The summed E-state index contributed by atoms with van der Waals surface area (Å²) in [5.74, 6) is 1.37. The summed E-state index contributed by atoms with van der Waals surface area (Å²) < 4.78 is 2.98. The van der Waals surface area contributed by atoms with Gasteiger partial charge in [-0.1, -0.05) is 19.8 Å². The van der Waals surface area contributed by atoms with Gasteiger partial charge in [-0.15, -0.1) is 0 Å². The van der Waals surface area contributed by atoms with Gasteiger partial charge in [-0.05, 0) is 41.6 Å². The number of hydrogen-bond acceptors (Lipinski definition) is 2. The van der Waals surface area contributed by atoms with E-state index in [1.807, 2.05) is 18.7 Å². The quantitative estimate of drug-likeness (QED) is 0.843. The molecule has 3 nitrogen and oxygen atoms in total. The van der Waals surface area contributed by atoms with Crippen molar-refractivity contribution in [3.05, 3.63) is 15.9 Å². The number of Topliss-reactive ketones (excluding diaryl/α,β-unsaturated/α-hetero) is 1. The number of aromatic nitrogens is 2. The second-order valence-electron chi connectivity index (χ2n) is 5.77. The number of ketones is 1. The smallest absolute Gasteiger partial charge is 0.136 e. The van der Waals surface area contributed by atoms with Gasteiger partial charge in [-0.25, -0.2) is 0 Å². The van der Waals surface area contributed by atoms with Gasteiger partial charge < -0.3 is 0 Å². The third-order valence-electron chi connectivity index (χ3n) is 4.27. The Kier molecular flexibility index (Phi) is 4.82. The fourth-order valence-corrected chi connectivity index (χ4v) is 3.70. The summed E-state index contributed by atoms with van der Waals surface area (Å²) in [4.78, 5) is 12.1. The van der Waals surface area contributed by atoms with Crippen LogP contribution in [0, 0.1) is 18.8 Å². The minimum absolute atomic E-state index is 0.191. The molecule has 0 bridgehead atoms. The molecular formula is C15H23BrN2O. The Morgan fingerprint density at radius 2 is 2.21 bits per heavy atom. The number of nitrogens with zero attached hydrogens (tertiary/aromatic N) is 2. The molecule has 1 fully saturated rings. The van der Waals surface area contributed by atoms with Gasteiger partial charge in [0.1, 0.15) is 5.78 Å². The molecule has 1 saturated carbocycles. The highest BCUT2D eigenvalue weighted by Gasteiger charge is 2.29. The lowest BCUT2D eigenvalue weighted by atomic mass is 9.77. The number of hydrogen-bond donors (Lipinski definition) is 0. The molecule has 0 amide bonds. The molecule has 0 aliphatic heterocycles. The van der Waals surface area contributed by atoms with Crippen LogP contribution in [0.15, 0.2) is 4.47 Å². The van der Waals surface area contributed by atoms with Crippen molar-refractivity contribution in [1.82, 2.24) is 9.78 Å². The van der Waals surface area contributed by atoms with E-state index in [0.29, 0.717) is 5.78 Å². The Labute approximate surface area is 123 Å². The molecular weight excluding hydrogens is 304 g/mol. The predicted octanol–water partition coefficient (Wildman–Crippen LogP) is 3.82. The molecule has 1 heterocycles. The Balaban J connectivity index is 2.10. The zero-order valence-electron chi connectivity index (χ0n) is 12.1. The molecule has 19 heavy (non-hydrogen) atoms. The molecule has 0 aromatic carbocycles. The summed E-state index contributed by atoms with van der Waals surface area (Å²) in [5.41, 5.74) is 2.17. The lowest BCUT2D eigenvalue weighted by molar-refractivity contribution is -0.125. The highest BCUT2D eigenvalue weighted by molar-refractivity contribution is 9.10. The van der Waals surface area contributed by atoms with Crippen molar-refractivity contribution in [2.45, 2.75) is 52.4 Å². The largest absolute Gasteiger partial charge is 0.299 e. The van der Waals surface area contributed by atoms with E-state index in [2.05, 4.69) is 28.0 Å². The van der Waals surface area contributed by atoms with Crippen LogP contribution >= 0.6 is 15.9 Å². The Morgan fingerprint density at radius 3 is 2.79 bits per heavy atom. The van der Waals surface area contributed by atoms with Crippen LogP contribution in [0.2, 0.25) is 0 Å². The predicted molar refractivity (Wildman–Crippen MR) is 80.1 cm³/mol. The van der Waals surface area contributed by atoms with Crippen molar-refractivity contribution in [1.29, 1.82) is 0 Å². The van der Waals surface area contributed by atoms with E-state index in [9.17, 15) is 4.79 Å². The van der Waals surface area contributed by atoms with E-state index >= 15 is 0 Å². The highest BCUT2D eigenvalue weighted by Crippen LogP contribution is 2.33. The maximum atomic E-state index is 12.1. The SMILES string of the molecule is CCCC1CCC(=O)C(Cc2c(Br)c(C)nn2C)C1. The van der Waals surface area contributed by atoms with E-state index in [1.54, 1.807) is 0 Å². The van der Waals surface area contributed by atoms with Gasteiger partial charge in [-0.3, -0.25) is 9.48 Å². The second-order valence-corrected chi connectivity index (χ2v) is 6.56. The topological polar surface area (TPSA) is 34.9 Å². The lowest BCUT2D eigenvalue weighted by Gasteiger charge is -2.28. The first-order valence-electron chi connectivity index (χ1n) is 7.23. The standard InChI is InChI=1S/C15H23BrN2O/c1-4-5-11-6-7-14(19)12(8-11)9-13-15(16)10(2)17-18(13)3/h11-12H,4-9H2,1-3H3. The molecule has 1 aromatic heterocycles. The van der Waals surface area contributed by atoms with Crippen LogP contribution in [-0.4, -0.2) is 15.6 Å². The summed E-state index contributed by atoms with van der Waals surface area (Å²) in [6.45, 7) is 4.22. The minimum Gasteiger partial charge on any atom is -0.299 e. The average Bonchev–Trinajstić information content (AvgIpc) is 2.60. The fourth-order valence-electron chi connectivity index (χ4n) is 3.21. The minimum atomic E-state index is 0.191. The molecule has 0 radical (unpaired) electrons. The van der Waals surface area contributed by atoms with Crippen molar-refractivity contribution in [3.63, 3.8) is 0 Å². The summed E-state index contributed by atoms with van der Waals surface area (Å²) in [6.07, 6.45) is 6.23. The molecule has 0 N–H and O–H groups in total. The van der Waals surface area contributed by atoms with E-state index in [0.717, 1.165) is 47.5 Å². The zero-order valence-corrected chi connectivity index (χ0v) is 13.7. The van der Waals surface area contributed by atoms with E-state index < -0.39 is 0 Å².